The molecule has 7 heteroatoms. The van der Waals surface area contributed by atoms with E-state index in [2.05, 4.69) is 15.6 Å². The number of rotatable bonds is 9. The van der Waals surface area contributed by atoms with Crippen molar-refractivity contribution in [3.05, 3.63) is 58.9 Å². The van der Waals surface area contributed by atoms with Gasteiger partial charge < -0.3 is 20.1 Å². The van der Waals surface area contributed by atoms with E-state index in [1.807, 2.05) is 31.2 Å². The highest BCUT2D eigenvalue weighted by atomic mass is 19.1. The lowest BCUT2D eigenvalue weighted by molar-refractivity contribution is 0.310. The van der Waals surface area contributed by atoms with Crippen LogP contribution in [0.5, 0.6) is 11.5 Å². The van der Waals surface area contributed by atoms with Crippen molar-refractivity contribution in [2.45, 2.75) is 26.3 Å². The third kappa shape index (κ3) is 6.68. The first-order chi connectivity index (χ1) is 14.1. The molecule has 2 aromatic rings. The predicted molar refractivity (Wildman–Crippen MR) is 112 cm³/mol. The topological polar surface area (TPSA) is 78.7 Å². The Bertz CT molecular complexity index is 878. The highest BCUT2D eigenvalue weighted by molar-refractivity contribution is 5.79. The van der Waals surface area contributed by atoms with Crippen molar-refractivity contribution in [1.29, 1.82) is 5.26 Å². The van der Waals surface area contributed by atoms with Crippen LogP contribution in [0.25, 0.3) is 0 Å². The van der Waals surface area contributed by atoms with Crippen LogP contribution in [0.4, 0.5) is 4.39 Å². The molecular formula is C22H27FN4O2. The lowest BCUT2D eigenvalue weighted by Crippen LogP contribution is -2.37. The van der Waals surface area contributed by atoms with Crippen molar-refractivity contribution in [3.63, 3.8) is 0 Å². The normalized spacial score (nSPS) is 10.9. The number of halogens is 1. The molecule has 2 N–H and O–H groups in total. The van der Waals surface area contributed by atoms with Gasteiger partial charge in [-0.3, -0.25) is 4.99 Å². The molecule has 0 bridgehead atoms. The number of nitrogens with one attached hydrogen (secondary N) is 2. The Morgan fingerprint density at radius 1 is 1.17 bits per heavy atom. The van der Waals surface area contributed by atoms with Gasteiger partial charge in [-0.15, -0.1) is 0 Å². The van der Waals surface area contributed by atoms with Crippen LogP contribution in [-0.2, 0) is 13.0 Å². The van der Waals surface area contributed by atoms with Crippen molar-refractivity contribution in [3.8, 4) is 17.6 Å². The van der Waals surface area contributed by atoms with Crippen LogP contribution in [0.2, 0.25) is 0 Å². The Morgan fingerprint density at radius 2 is 2.00 bits per heavy atom. The second kappa shape index (κ2) is 11.5. The van der Waals surface area contributed by atoms with Crippen LogP contribution in [-0.4, -0.2) is 33.3 Å². The number of benzene rings is 2. The molecule has 154 valence electrons. The van der Waals surface area contributed by atoms with Gasteiger partial charge in [0, 0.05) is 25.7 Å². The van der Waals surface area contributed by atoms with E-state index >= 15 is 0 Å². The summed E-state index contributed by atoms with van der Waals surface area (Å²) in [4.78, 5) is 4.15. The van der Waals surface area contributed by atoms with Gasteiger partial charge in [0.15, 0.2) is 17.5 Å². The van der Waals surface area contributed by atoms with Crippen LogP contribution in [0, 0.1) is 17.1 Å². The van der Waals surface area contributed by atoms with Gasteiger partial charge in [0.05, 0.1) is 25.3 Å². The van der Waals surface area contributed by atoms with Gasteiger partial charge in [-0.25, -0.2) is 4.39 Å². The summed E-state index contributed by atoms with van der Waals surface area (Å²) in [5.41, 5.74) is 2.01. The minimum absolute atomic E-state index is 0.247. The maximum Gasteiger partial charge on any atom is 0.191 e. The van der Waals surface area contributed by atoms with E-state index in [4.69, 9.17) is 14.7 Å². The standard InChI is InChI=1S/C22H27FN4O2/c1-4-29-21-13-16(8-10-20(21)28-3)6-5-11-26-22(25-2)27-15-18-12-17(14-24)7-9-19(18)23/h7-10,12-13H,4-6,11,15H2,1-3H3,(H2,25,26,27). The van der Waals surface area contributed by atoms with Crippen LogP contribution >= 0.6 is 0 Å². The number of ether oxygens (including phenoxy) is 2. The van der Waals surface area contributed by atoms with Crippen molar-refractivity contribution in [2.75, 3.05) is 27.3 Å². The number of aryl methyl sites for hydroxylation is 1. The average molecular weight is 398 g/mol. The molecule has 0 atom stereocenters. The van der Waals surface area contributed by atoms with Gasteiger partial charge in [-0.1, -0.05) is 6.07 Å². The van der Waals surface area contributed by atoms with Gasteiger partial charge in [-0.05, 0) is 55.7 Å². The molecule has 0 radical (unpaired) electrons. The minimum atomic E-state index is -0.350. The fourth-order valence-corrected chi connectivity index (χ4v) is 2.82. The van der Waals surface area contributed by atoms with Crippen molar-refractivity contribution in [1.82, 2.24) is 10.6 Å². The maximum atomic E-state index is 13.9. The van der Waals surface area contributed by atoms with E-state index in [0.717, 1.165) is 29.9 Å². The van der Waals surface area contributed by atoms with E-state index in [1.54, 1.807) is 14.2 Å². The summed E-state index contributed by atoms with van der Waals surface area (Å²) in [5.74, 6) is 1.71. The van der Waals surface area contributed by atoms with E-state index in [9.17, 15) is 4.39 Å². The van der Waals surface area contributed by atoms with Crippen molar-refractivity contribution >= 4 is 5.96 Å². The smallest absolute Gasteiger partial charge is 0.191 e. The maximum absolute atomic E-state index is 13.9. The van der Waals surface area contributed by atoms with Crippen LogP contribution in [0.3, 0.4) is 0 Å². The molecule has 6 nitrogen and oxygen atoms in total. The third-order valence-corrected chi connectivity index (χ3v) is 4.31. The van der Waals surface area contributed by atoms with Crippen LogP contribution in [0.1, 0.15) is 30.0 Å². The summed E-state index contributed by atoms with van der Waals surface area (Å²) in [6.45, 7) is 3.48. The number of guanidine groups is 1. The fraction of sp³-hybridized carbons (Fsp3) is 0.364. The number of hydrogen-bond donors (Lipinski definition) is 2. The Balaban J connectivity index is 1.82. The van der Waals surface area contributed by atoms with E-state index in [1.165, 1.54) is 18.2 Å². The van der Waals surface area contributed by atoms with Gasteiger partial charge in [0.2, 0.25) is 0 Å². The molecule has 0 aliphatic rings. The van der Waals surface area contributed by atoms with Crippen molar-refractivity contribution < 1.29 is 13.9 Å². The lowest BCUT2D eigenvalue weighted by Gasteiger charge is -2.13. The second-order valence-electron chi connectivity index (χ2n) is 6.29. The van der Waals surface area contributed by atoms with Gasteiger partial charge in [0.1, 0.15) is 5.82 Å². The molecule has 0 fully saturated rings. The predicted octanol–water partition coefficient (Wildman–Crippen LogP) is 3.40. The molecule has 0 amide bonds. The Labute approximate surface area is 171 Å². The zero-order valence-corrected chi connectivity index (χ0v) is 17.1. The second-order valence-corrected chi connectivity index (χ2v) is 6.29. The molecule has 2 rings (SSSR count). The first-order valence-corrected chi connectivity index (χ1v) is 9.54. The van der Waals surface area contributed by atoms with Gasteiger partial charge >= 0.3 is 0 Å². The third-order valence-electron chi connectivity index (χ3n) is 4.31. The highest BCUT2D eigenvalue weighted by Crippen LogP contribution is 2.28. The zero-order chi connectivity index (χ0) is 21.1. The van der Waals surface area contributed by atoms with Crippen molar-refractivity contribution in [2.24, 2.45) is 4.99 Å². The van der Waals surface area contributed by atoms with E-state index < -0.39 is 0 Å². The summed E-state index contributed by atoms with van der Waals surface area (Å²) >= 11 is 0. The molecule has 29 heavy (non-hydrogen) atoms. The first kappa shape index (κ1) is 22.0. The van der Waals surface area contributed by atoms with E-state index in [0.29, 0.717) is 30.2 Å². The largest absolute Gasteiger partial charge is 0.493 e. The number of nitrogens with zero attached hydrogens (tertiary/aromatic N) is 2. The summed E-state index contributed by atoms with van der Waals surface area (Å²) in [6.07, 6.45) is 1.75. The van der Waals surface area contributed by atoms with Crippen LogP contribution in [0.15, 0.2) is 41.4 Å². The zero-order valence-electron chi connectivity index (χ0n) is 17.1. The number of aliphatic imine (C=N–C) groups is 1. The molecule has 0 aliphatic heterocycles. The quantitative estimate of drug-likeness (QED) is 0.385. The van der Waals surface area contributed by atoms with Gasteiger partial charge in [0.25, 0.3) is 0 Å². The van der Waals surface area contributed by atoms with E-state index in [-0.39, 0.29) is 12.4 Å². The molecule has 0 heterocycles. The Kier molecular flexibility index (Phi) is 8.77. The highest BCUT2D eigenvalue weighted by Gasteiger charge is 2.07. The Morgan fingerprint density at radius 3 is 2.69 bits per heavy atom. The lowest BCUT2D eigenvalue weighted by atomic mass is 10.1. The molecule has 0 aliphatic carbocycles. The van der Waals surface area contributed by atoms with Gasteiger partial charge in [-0.2, -0.15) is 5.26 Å². The SMILES string of the molecule is CCOc1cc(CCCNC(=NC)NCc2cc(C#N)ccc2F)ccc1OC. The summed E-state index contributed by atoms with van der Waals surface area (Å²) < 4.78 is 24.8. The fourth-order valence-electron chi connectivity index (χ4n) is 2.82. The molecule has 2 aromatic carbocycles. The number of methoxy groups -OCH3 is 1. The molecule has 0 saturated carbocycles. The summed E-state index contributed by atoms with van der Waals surface area (Å²) in [7, 11) is 3.29. The molecular weight excluding hydrogens is 371 g/mol. The molecule has 0 spiro atoms. The summed E-state index contributed by atoms with van der Waals surface area (Å²) in [6, 6.07) is 12.3. The molecule has 0 aromatic heterocycles. The molecule has 0 saturated heterocycles. The Hall–Kier alpha value is -3.27. The van der Waals surface area contributed by atoms with Crippen LogP contribution < -0.4 is 20.1 Å². The minimum Gasteiger partial charge on any atom is -0.493 e. The first-order valence-electron chi connectivity index (χ1n) is 9.54. The number of hydrogen-bond acceptors (Lipinski definition) is 4. The number of nitriles is 1. The molecule has 0 unspecified atom stereocenters. The summed E-state index contributed by atoms with van der Waals surface area (Å²) in [5, 5.41) is 15.2. The monoisotopic (exact) mass is 398 g/mol. The average Bonchev–Trinajstić information content (AvgIpc) is 2.74.